The Balaban J connectivity index is 1.29. The molecule has 166 valence electrons. The molecular weight excluding hydrogens is 442 g/mol. The van der Waals surface area contributed by atoms with Crippen LogP contribution in [-0.2, 0) is 22.4 Å². The molecule has 7 nitrogen and oxygen atoms in total. The van der Waals surface area contributed by atoms with Crippen molar-refractivity contribution in [2.24, 2.45) is 5.92 Å². The summed E-state index contributed by atoms with van der Waals surface area (Å²) in [6.45, 7) is 5.42. The van der Waals surface area contributed by atoms with Crippen molar-refractivity contribution in [3.8, 4) is 0 Å². The summed E-state index contributed by atoms with van der Waals surface area (Å²) in [4.78, 5) is 26.9. The number of morpholine rings is 1. The normalized spacial score (nSPS) is 23.6. The van der Waals surface area contributed by atoms with E-state index < -0.39 is 0 Å². The third-order valence-electron chi connectivity index (χ3n) is 6.63. The van der Waals surface area contributed by atoms with Gasteiger partial charge in [-0.3, -0.25) is 4.79 Å². The molecule has 3 aromatic heterocycles. The number of rotatable bonds is 3. The fraction of sp³-hybridized carbons (Fsp3) is 0.435. The number of carbonyl (C=O) groups is 1. The third kappa shape index (κ3) is 3.30. The lowest BCUT2D eigenvalue weighted by atomic mass is 9.86. The number of amides is 1. The molecule has 1 amide bonds. The van der Waals surface area contributed by atoms with E-state index in [1.807, 2.05) is 0 Å². The minimum atomic E-state index is 0.0282. The first kappa shape index (κ1) is 20.1. The number of nitrogens with one attached hydrogen (secondary N) is 2. The molecule has 4 aromatic rings. The number of hydrogen-bond donors (Lipinski definition) is 2. The molecule has 3 atom stereocenters. The molecule has 1 aromatic carbocycles. The average molecular weight is 468 g/mol. The maximum atomic E-state index is 13.4. The molecule has 0 radical (unpaired) electrons. The lowest BCUT2D eigenvalue weighted by molar-refractivity contribution is -0.149. The molecule has 0 bridgehead atoms. The predicted octanol–water partition coefficient (Wildman–Crippen LogP) is 4.72. The molecule has 0 unspecified atom stereocenters. The summed E-state index contributed by atoms with van der Waals surface area (Å²) < 4.78 is 10.1. The lowest BCUT2D eigenvalue weighted by Gasteiger charge is -2.41. The SMILES string of the molecule is C[C@@H]1COC[C@@H](C)N1C(=O)[C@H]1CCc2c(sc3ncnc(Nc4ccc5[nH]sc5c4)c23)C1. The van der Waals surface area contributed by atoms with Crippen LogP contribution in [-0.4, -0.2) is 50.4 Å². The van der Waals surface area contributed by atoms with Gasteiger partial charge < -0.3 is 19.3 Å². The van der Waals surface area contributed by atoms with Crippen molar-refractivity contribution in [3.05, 3.63) is 35.0 Å². The van der Waals surface area contributed by atoms with E-state index in [-0.39, 0.29) is 23.9 Å². The number of fused-ring (bicyclic) bond motifs is 4. The number of nitrogens with zero attached hydrogens (tertiary/aromatic N) is 3. The van der Waals surface area contributed by atoms with E-state index in [1.54, 1.807) is 29.2 Å². The molecule has 2 aliphatic rings. The number of anilines is 2. The summed E-state index contributed by atoms with van der Waals surface area (Å²) in [6.07, 6.45) is 4.16. The van der Waals surface area contributed by atoms with E-state index in [0.29, 0.717) is 13.2 Å². The number of aromatic amines is 1. The number of aromatic nitrogens is 3. The van der Waals surface area contributed by atoms with E-state index >= 15 is 0 Å². The van der Waals surface area contributed by atoms with Gasteiger partial charge in [-0.2, -0.15) is 0 Å². The molecule has 0 saturated carbocycles. The molecule has 0 spiro atoms. The summed E-state index contributed by atoms with van der Waals surface area (Å²) >= 11 is 3.34. The summed E-state index contributed by atoms with van der Waals surface area (Å²) in [6, 6.07) is 6.56. The minimum absolute atomic E-state index is 0.0282. The van der Waals surface area contributed by atoms with Crippen molar-refractivity contribution in [3.63, 3.8) is 0 Å². The Labute approximate surface area is 194 Å². The molecule has 2 N–H and O–H groups in total. The number of carbonyl (C=O) groups excluding carboxylic acids is 1. The van der Waals surface area contributed by atoms with Crippen LogP contribution in [0.15, 0.2) is 24.5 Å². The standard InChI is InChI=1S/C23H25N5O2S2/c1-12-9-30-10-13(2)28(12)23(29)14-3-5-16-18(7-14)31-22-20(16)21(24-11-25-22)26-15-4-6-17-19(8-15)32-27-17/h4,6,8,11-14,27H,3,5,7,9-10H2,1-2H3,(H,24,25,26)/t12-,13-,14+/m1/s1. The summed E-state index contributed by atoms with van der Waals surface area (Å²) in [5.74, 6) is 1.15. The maximum absolute atomic E-state index is 13.4. The van der Waals surface area contributed by atoms with Crippen molar-refractivity contribution >= 4 is 60.7 Å². The van der Waals surface area contributed by atoms with E-state index in [1.165, 1.54) is 20.7 Å². The van der Waals surface area contributed by atoms with Gasteiger partial charge in [-0.05, 0) is 56.9 Å². The van der Waals surface area contributed by atoms with Gasteiger partial charge in [0.25, 0.3) is 0 Å². The topological polar surface area (TPSA) is 83.1 Å². The monoisotopic (exact) mass is 467 g/mol. The number of ether oxygens (including phenoxy) is 1. The van der Waals surface area contributed by atoms with Crippen LogP contribution in [0, 0.1) is 5.92 Å². The zero-order chi connectivity index (χ0) is 21.8. The second-order valence-corrected chi connectivity index (χ2v) is 10.8. The fourth-order valence-electron chi connectivity index (χ4n) is 5.03. The average Bonchev–Trinajstić information content (AvgIpc) is 3.14. The Hall–Kier alpha value is -2.49. The minimum Gasteiger partial charge on any atom is -0.377 e. The van der Waals surface area contributed by atoms with E-state index in [2.05, 4.69) is 56.6 Å². The quantitative estimate of drug-likeness (QED) is 0.456. The van der Waals surface area contributed by atoms with Crippen molar-refractivity contribution in [1.29, 1.82) is 0 Å². The number of hydrogen-bond acceptors (Lipinski definition) is 7. The van der Waals surface area contributed by atoms with Crippen LogP contribution in [0.2, 0.25) is 0 Å². The van der Waals surface area contributed by atoms with Gasteiger partial charge in [-0.1, -0.05) is 11.5 Å². The summed E-state index contributed by atoms with van der Waals surface area (Å²) in [5.41, 5.74) is 3.50. The molecule has 1 aliphatic carbocycles. The van der Waals surface area contributed by atoms with Crippen molar-refractivity contribution in [2.45, 2.75) is 45.2 Å². The molecular formula is C23H25N5O2S2. The van der Waals surface area contributed by atoms with Crippen molar-refractivity contribution in [1.82, 2.24) is 19.2 Å². The van der Waals surface area contributed by atoms with Gasteiger partial charge in [0.15, 0.2) is 0 Å². The van der Waals surface area contributed by atoms with Gasteiger partial charge in [0, 0.05) is 16.5 Å². The smallest absolute Gasteiger partial charge is 0.226 e. The first-order chi connectivity index (χ1) is 15.6. The van der Waals surface area contributed by atoms with Gasteiger partial charge in [0.05, 0.1) is 40.9 Å². The highest BCUT2D eigenvalue weighted by molar-refractivity contribution is 7.19. The molecule has 9 heteroatoms. The second kappa shape index (κ2) is 7.83. The Kier molecular flexibility index (Phi) is 4.93. The Morgan fingerprint density at radius 1 is 1.25 bits per heavy atom. The van der Waals surface area contributed by atoms with Crippen LogP contribution in [0.25, 0.3) is 20.4 Å². The predicted molar refractivity (Wildman–Crippen MR) is 129 cm³/mol. The molecule has 4 heterocycles. The van der Waals surface area contributed by atoms with E-state index in [0.717, 1.165) is 41.0 Å². The summed E-state index contributed by atoms with van der Waals surface area (Å²) in [5, 5.41) is 4.62. The van der Waals surface area contributed by atoms with Crippen LogP contribution >= 0.6 is 22.9 Å². The highest BCUT2D eigenvalue weighted by Crippen LogP contribution is 2.41. The number of thiophene rings is 1. The highest BCUT2D eigenvalue weighted by Gasteiger charge is 2.36. The second-order valence-electron chi connectivity index (χ2n) is 8.87. The van der Waals surface area contributed by atoms with Crippen LogP contribution in [0.3, 0.4) is 0 Å². The van der Waals surface area contributed by atoms with Crippen LogP contribution < -0.4 is 5.32 Å². The Bertz CT molecular complexity index is 1300. The lowest BCUT2D eigenvalue weighted by Crippen LogP contribution is -2.54. The van der Waals surface area contributed by atoms with Gasteiger partial charge in [0.1, 0.15) is 17.0 Å². The zero-order valence-electron chi connectivity index (χ0n) is 18.1. The third-order valence-corrected chi connectivity index (χ3v) is 8.67. The molecule has 1 saturated heterocycles. The number of benzene rings is 1. The molecule has 1 fully saturated rings. The van der Waals surface area contributed by atoms with Crippen LogP contribution in [0.1, 0.15) is 30.7 Å². The summed E-state index contributed by atoms with van der Waals surface area (Å²) in [7, 11) is 0. The first-order valence-corrected chi connectivity index (χ1v) is 12.7. The van der Waals surface area contributed by atoms with Crippen LogP contribution in [0.4, 0.5) is 11.5 Å². The van der Waals surface area contributed by atoms with Gasteiger partial charge >= 0.3 is 0 Å². The van der Waals surface area contributed by atoms with Crippen molar-refractivity contribution < 1.29 is 9.53 Å². The maximum Gasteiger partial charge on any atom is 0.226 e. The highest BCUT2D eigenvalue weighted by atomic mass is 32.1. The first-order valence-electron chi connectivity index (χ1n) is 11.1. The number of H-pyrrole nitrogens is 1. The van der Waals surface area contributed by atoms with E-state index in [9.17, 15) is 4.79 Å². The largest absolute Gasteiger partial charge is 0.377 e. The molecule has 6 rings (SSSR count). The van der Waals surface area contributed by atoms with Gasteiger partial charge in [-0.25, -0.2) is 9.97 Å². The van der Waals surface area contributed by atoms with Crippen molar-refractivity contribution in [2.75, 3.05) is 18.5 Å². The van der Waals surface area contributed by atoms with Gasteiger partial charge in [-0.15, -0.1) is 11.3 Å². The van der Waals surface area contributed by atoms with Crippen LogP contribution in [0.5, 0.6) is 0 Å². The van der Waals surface area contributed by atoms with Gasteiger partial charge in [0.2, 0.25) is 5.91 Å². The molecule has 32 heavy (non-hydrogen) atoms. The molecule has 1 aliphatic heterocycles. The number of aryl methyl sites for hydroxylation is 1. The zero-order valence-corrected chi connectivity index (χ0v) is 19.7. The fourth-order valence-corrected chi connectivity index (χ4v) is 6.96. The van der Waals surface area contributed by atoms with E-state index in [4.69, 9.17) is 4.74 Å². The Morgan fingerprint density at radius 2 is 2.09 bits per heavy atom. The Morgan fingerprint density at radius 3 is 2.84 bits per heavy atom.